The van der Waals surface area contributed by atoms with Crippen LogP contribution < -0.4 is 4.90 Å². The summed E-state index contributed by atoms with van der Waals surface area (Å²) in [5.41, 5.74) is 0.971. The molecule has 17 heavy (non-hydrogen) atoms. The number of fused-ring (bicyclic) bond motifs is 1. The van der Waals surface area contributed by atoms with Gasteiger partial charge < -0.3 is 0 Å². The molecule has 1 unspecified atom stereocenters. The zero-order chi connectivity index (χ0) is 12.8. The van der Waals surface area contributed by atoms with E-state index < -0.39 is 0 Å². The summed E-state index contributed by atoms with van der Waals surface area (Å²) in [6, 6.07) is 1.98. The molecular formula is C13H21N3O. The lowest BCUT2D eigenvalue weighted by molar-refractivity contribution is -0.125. The Morgan fingerprint density at radius 2 is 2.06 bits per heavy atom. The Kier molecular flexibility index (Phi) is 2.76. The molecule has 1 aromatic rings. The Morgan fingerprint density at radius 1 is 1.41 bits per heavy atom. The first-order valence-corrected chi connectivity index (χ1v) is 6.12. The molecule has 2 heterocycles. The van der Waals surface area contributed by atoms with E-state index in [-0.39, 0.29) is 17.2 Å². The molecule has 0 saturated heterocycles. The van der Waals surface area contributed by atoms with Crippen molar-refractivity contribution in [2.45, 2.75) is 40.7 Å². The van der Waals surface area contributed by atoms with Gasteiger partial charge in [0.15, 0.2) is 0 Å². The summed E-state index contributed by atoms with van der Waals surface area (Å²) in [6.45, 7) is 9.16. The minimum absolute atomic E-state index is 0.00438. The van der Waals surface area contributed by atoms with Gasteiger partial charge in [-0.3, -0.25) is 9.69 Å². The van der Waals surface area contributed by atoms with Crippen LogP contribution in [0, 0.1) is 18.3 Å². The van der Waals surface area contributed by atoms with Crippen molar-refractivity contribution in [3.05, 3.63) is 11.8 Å². The van der Waals surface area contributed by atoms with E-state index >= 15 is 0 Å². The number of anilines is 1. The molecule has 1 aromatic heterocycles. The van der Waals surface area contributed by atoms with Gasteiger partial charge in [0.25, 0.3) is 0 Å². The summed E-state index contributed by atoms with van der Waals surface area (Å²) in [5, 5.41) is 4.44. The van der Waals surface area contributed by atoms with Gasteiger partial charge >= 0.3 is 0 Å². The lowest BCUT2D eigenvalue weighted by atomic mass is 9.78. The fourth-order valence-corrected chi connectivity index (χ4v) is 2.49. The Labute approximate surface area is 103 Å². The van der Waals surface area contributed by atoms with Gasteiger partial charge in [-0.05, 0) is 18.8 Å². The molecule has 4 nitrogen and oxygen atoms in total. The minimum Gasteiger partial charge on any atom is -0.300 e. The number of carbonyl (C=O) groups is 1. The highest BCUT2D eigenvalue weighted by molar-refractivity contribution is 5.94. The molecule has 0 bridgehead atoms. The number of nitrogens with zero attached hydrogens (tertiary/aromatic N) is 3. The van der Waals surface area contributed by atoms with Crippen molar-refractivity contribution in [1.82, 2.24) is 9.78 Å². The van der Waals surface area contributed by atoms with Crippen LogP contribution in [0.2, 0.25) is 0 Å². The third kappa shape index (κ3) is 2.08. The van der Waals surface area contributed by atoms with Crippen LogP contribution in [0.3, 0.4) is 0 Å². The zero-order valence-electron chi connectivity index (χ0n) is 11.3. The molecule has 0 aliphatic carbocycles. The largest absolute Gasteiger partial charge is 0.300 e. The van der Waals surface area contributed by atoms with Crippen molar-refractivity contribution in [3.8, 4) is 0 Å². The SMILES string of the molecule is Cc1cc2n(n1)CCC(C(C)(C)C)C(=O)N2C. The average Bonchev–Trinajstić information content (AvgIpc) is 2.51. The van der Waals surface area contributed by atoms with Crippen molar-refractivity contribution < 1.29 is 4.79 Å². The van der Waals surface area contributed by atoms with Crippen LogP contribution in [-0.4, -0.2) is 22.7 Å². The normalized spacial score (nSPS) is 21.4. The van der Waals surface area contributed by atoms with E-state index in [9.17, 15) is 4.79 Å². The highest BCUT2D eigenvalue weighted by atomic mass is 16.2. The zero-order valence-corrected chi connectivity index (χ0v) is 11.3. The Bertz CT molecular complexity index is 442. The maximum absolute atomic E-state index is 12.4. The van der Waals surface area contributed by atoms with Gasteiger partial charge in [0.05, 0.1) is 5.69 Å². The molecule has 0 saturated carbocycles. The summed E-state index contributed by atoms with van der Waals surface area (Å²) in [6.07, 6.45) is 0.862. The first-order chi connectivity index (χ1) is 7.80. The summed E-state index contributed by atoms with van der Waals surface area (Å²) in [5.74, 6) is 1.19. The lowest BCUT2D eigenvalue weighted by Gasteiger charge is -2.30. The fourth-order valence-electron chi connectivity index (χ4n) is 2.49. The molecule has 1 aliphatic heterocycles. The monoisotopic (exact) mass is 235 g/mol. The van der Waals surface area contributed by atoms with Gasteiger partial charge in [-0.2, -0.15) is 5.10 Å². The fraction of sp³-hybridized carbons (Fsp3) is 0.692. The Balaban J connectivity index is 2.37. The van der Waals surface area contributed by atoms with Gasteiger partial charge in [-0.25, -0.2) is 4.68 Å². The molecule has 0 aromatic carbocycles. The number of aromatic nitrogens is 2. The molecule has 94 valence electrons. The molecule has 1 amide bonds. The number of rotatable bonds is 0. The van der Waals surface area contributed by atoms with Crippen LogP contribution in [0.25, 0.3) is 0 Å². The van der Waals surface area contributed by atoms with Crippen molar-refractivity contribution in [3.63, 3.8) is 0 Å². The Hall–Kier alpha value is -1.32. The van der Waals surface area contributed by atoms with Gasteiger partial charge in [0.1, 0.15) is 5.82 Å². The van der Waals surface area contributed by atoms with E-state index in [1.54, 1.807) is 4.90 Å². The van der Waals surface area contributed by atoms with Crippen molar-refractivity contribution in [2.24, 2.45) is 11.3 Å². The molecule has 1 aliphatic rings. The topological polar surface area (TPSA) is 38.1 Å². The number of amides is 1. The predicted molar refractivity (Wildman–Crippen MR) is 67.9 cm³/mol. The lowest BCUT2D eigenvalue weighted by Crippen LogP contribution is -2.38. The molecule has 0 N–H and O–H groups in total. The van der Waals surface area contributed by atoms with Crippen LogP contribution in [-0.2, 0) is 11.3 Å². The second-order valence-corrected chi connectivity index (χ2v) is 5.97. The molecule has 0 radical (unpaired) electrons. The number of carbonyl (C=O) groups excluding carboxylic acids is 1. The van der Waals surface area contributed by atoms with Crippen LogP contribution >= 0.6 is 0 Å². The number of hydrogen-bond donors (Lipinski definition) is 0. The summed E-state index contributed by atoms with van der Waals surface area (Å²) >= 11 is 0. The molecule has 1 atom stereocenters. The van der Waals surface area contributed by atoms with E-state index in [2.05, 4.69) is 25.9 Å². The maximum Gasteiger partial charge on any atom is 0.231 e. The quantitative estimate of drug-likeness (QED) is 0.691. The molecule has 2 rings (SSSR count). The van der Waals surface area contributed by atoms with Crippen molar-refractivity contribution in [1.29, 1.82) is 0 Å². The Morgan fingerprint density at radius 3 is 2.65 bits per heavy atom. The predicted octanol–water partition coefficient (Wildman–Crippen LogP) is 2.22. The second kappa shape index (κ2) is 3.86. The van der Waals surface area contributed by atoms with Crippen molar-refractivity contribution in [2.75, 3.05) is 11.9 Å². The summed E-state index contributed by atoms with van der Waals surface area (Å²) in [7, 11) is 1.85. The molecular weight excluding hydrogens is 214 g/mol. The first kappa shape index (κ1) is 12.1. The van der Waals surface area contributed by atoms with E-state index in [1.807, 2.05) is 24.7 Å². The molecule has 0 fully saturated rings. The van der Waals surface area contributed by atoms with E-state index in [0.717, 1.165) is 24.5 Å². The number of aryl methyl sites for hydroxylation is 2. The number of hydrogen-bond acceptors (Lipinski definition) is 2. The second-order valence-electron chi connectivity index (χ2n) is 5.97. The summed E-state index contributed by atoms with van der Waals surface area (Å²) in [4.78, 5) is 14.2. The van der Waals surface area contributed by atoms with Gasteiger partial charge in [-0.15, -0.1) is 0 Å². The van der Waals surface area contributed by atoms with Crippen LogP contribution in [0.5, 0.6) is 0 Å². The first-order valence-electron chi connectivity index (χ1n) is 6.12. The van der Waals surface area contributed by atoms with Crippen LogP contribution in [0.4, 0.5) is 5.82 Å². The third-order valence-corrected chi connectivity index (χ3v) is 3.53. The van der Waals surface area contributed by atoms with Gasteiger partial charge in [0.2, 0.25) is 5.91 Å². The molecule has 4 heteroatoms. The highest BCUT2D eigenvalue weighted by Crippen LogP contribution is 2.34. The minimum atomic E-state index is 0.00438. The van der Waals surface area contributed by atoms with Gasteiger partial charge in [0, 0.05) is 25.6 Å². The van der Waals surface area contributed by atoms with E-state index in [4.69, 9.17) is 0 Å². The third-order valence-electron chi connectivity index (χ3n) is 3.53. The summed E-state index contributed by atoms with van der Waals surface area (Å²) < 4.78 is 1.94. The van der Waals surface area contributed by atoms with Gasteiger partial charge in [-0.1, -0.05) is 20.8 Å². The van der Waals surface area contributed by atoms with E-state index in [1.165, 1.54) is 0 Å². The molecule has 0 spiro atoms. The average molecular weight is 235 g/mol. The van der Waals surface area contributed by atoms with Crippen molar-refractivity contribution >= 4 is 11.7 Å². The standard InChI is InChI=1S/C13H21N3O/c1-9-8-11-15(5)12(17)10(13(2,3)4)6-7-16(11)14-9/h8,10H,6-7H2,1-5H3. The maximum atomic E-state index is 12.4. The van der Waals surface area contributed by atoms with Crippen LogP contribution in [0.1, 0.15) is 32.9 Å². The van der Waals surface area contributed by atoms with E-state index in [0.29, 0.717) is 0 Å². The smallest absolute Gasteiger partial charge is 0.231 e. The van der Waals surface area contributed by atoms with Crippen LogP contribution in [0.15, 0.2) is 6.07 Å². The highest BCUT2D eigenvalue weighted by Gasteiger charge is 2.36.